The maximum Gasteiger partial charge on any atom is 0.235 e. The number of hydrogen-bond acceptors (Lipinski definition) is 5. The van der Waals surface area contributed by atoms with Crippen molar-refractivity contribution in [1.29, 1.82) is 5.26 Å². The molecule has 1 amide bonds. The second-order valence-corrected chi connectivity index (χ2v) is 8.79. The summed E-state index contributed by atoms with van der Waals surface area (Å²) in [4.78, 5) is 19.5. The number of piperidine rings is 1. The molecule has 6 heteroatoms. The Morgan fingerprint density at radius 2 is 2.23 bits per heavy atom. The van der Waals surface area contributed by atoms with Gasteiger partial charge in [-0.15, -0.1) is 11.3 Å². The van der Waals surface area contributed by atoms with Gasteiger partial charge in [0.15, 0.2) is 0 Å². The van der Waals surface area contributed by atoms with Crippen molar-refractivity contribution in [3.8, 4) is 6.07 Å². The van der Waals surface area contributed by atoms with Crippen LogP contribution in [-0.2, 0) is 4.79 Å². The van der Waals surface area contributed by atoms with Gasteiger partial charge in [0.1, 0.15) is 5.54 Å². The maximum absolute atomic E-state index is 12.5. The molecular formula is C20H24N4OS. The van der Waals surface area contributed by atoms with Gasteiger partial charge < -0.3 is 5.32 Å². The smallest absolute Gasteiger partial charge is 0.235 e. The number of carbonyl (C=O) groups excluding carboxylic acids is 1. The molecule has 1 aromatic carbocycles. The van der Waals surface area contributed by atoms with E-state index in [1.165, 1.54) is 9.71 Å². The van der Waals surface area contributed by atoms with Crippen LogP contribution in [-0.4, -0.2) is 41.0 Å². The van der Waals surface area contributed by atoms with E-state index in [1.807, 2.05) is 19.1 Å². The molecule has 1 saturated heterocycles. The molecule has 1 N–H and O–H groups in total. The fraction of sp³-hybridized carbons (Fsp3) is 0.550. The van der Waals surface area contributed by atoms with Crippen molar-refractivity contribution >= 4 is 27.5 Å². The van der Waals surface area contributed by atoms with Crippen molar-refractivity contribution in [2.24, 2.45) is 5.92 Å². The number of nitrogens with one attached hydrogen (secondary N) is 1. The van der Waals surface area contributed by atoms with Crippen LogP contribution in [0.25, 0.3) is 10.2 Å². The molecule has 5 nitrogen and oxygen atoms in total. The van der Waals surface area contributed by atoms with Gasteiger partial charge in [0, 0.05) is 12.5 Å². The number of hydrogen-bond donors (Lipinski definition) is 1. The van der Waals surface area contributed by atoms with E-state index < -0.39 is 5.54 Å². The number of rotatable bonds is 5. The van der Waals surface area contributed by atoms with Gasteiger partial charge in [-0.3, -0.25) is 9.69 Å². The van der Waals surface area contributed by atoms with Gasteiger partial charge in [-0.1, -0.05) is 12.1 Å². The summed E-state index contributed by atoms with van der Waals surface area (Å²) in [5.41, 5.74) is 0.357. The number of nitriles is 1. The quantitative estimate of drug-likeness (QED) is 0.879. The first-order valence-electron chi connectivity index (χ1n) is 9.37. The first-order chi connectivity index (χ1) is 12.6. The average Bonchev–Trinajstić information content (AvgIpc) is 3.41. The molecule has 1 aliphatic heterocycles. The number of likely N-dealkylation sites (tertiary alicyclic amines) is 1. The minimum atomic E-state index is -0.709. The molecule has 0 unspecified atom stereocenters. The SMILES string of the molecule is C[C@](C#N)(NC(=O)CN1CCC[C@H](c2nc3ccccc3s2)C1)C1CC1. The first kappa shape index (κ1) is 17.4. The Kier molecular flexibility index (Phi) is 4.68. The van der Waals surface area contributed by atoms with Crippen molar-refractivity contribution in [3.05, 3.63) is 29.3 Å². The maximum atomic E-state index is 12.5. The van der Waals surface area contributed by atoms with Crippen LogP contribution in [0.2, 0.25) is 0 Å². The van der Waals surface area contributed by atoms with Gasteiger partial charge in [-0.25, -0.2) is 4.98 Å². The second kappa shape index (κ2) is 6.98. The molecule has 0 radical (unpaired) electrons. The van der Waals surface area contributed by atoms with Crippen molar-refractivity contribution in [1.82, 2.24) is 15.2 Å². The summed E-state index contributed by atoms with van der Waals surface area (Å²) in [7, 11) is 0. The highest BCUT2D eigenvalue weighted by molar-refractivity contribution is 7.18. The van der Waals surface area contributed by atoms with E-state index in [4.69, 9.17) is 4.98 Å². The molecule has 2 atom stereocenters. The number of nitrogens with zero attached hydrogens (tertiary/aromatic N) is 3. The van der Waals surface area contributed by atoms with Crippen LogP contribution in [0.1, 0.15) is 43.5 Å². The molecule has 2 aromatic rings. The summed E-state index contributed by atoms with van der Waals surface area (Å²) >= 11 is 1.77. The Morgan fingerprint density at radius 3 is 2.96 bits per heavy atom. The van der Waals surface area contributed by atoms with Crippen LogP contribution < -0.4 is 5.32 Å². The van der Waals surface area contributed by atoms with Crippen LogP contribution in [0.3, 0.4) is 0 Å². The minimum absolute atomic E-state index is 0.0362. The van der Waals surface area contributed by atoms with Crippen LogP contribution in [0.15, 0.2) is 24.3 Å². The molecule has 0 spiro atoms. The van der Waals surface area contributed by atoms with Gasteiger partial charge in [0.2, 0.25) is 5.91 Å². The molecule has 1 saturated carbocycles. The highest BCUT2D eigenvalue weighted by atomic mass is 32.1. The number of aromatic nitrogens is 1. The molecular weight excluding hydrogens is 344 g/mol. The number of carbonyl (C=O) groups is 1. The lowest BCUT2D eigenvalue weighted by Crippen LogP contribution is -2.51. The second-order valence-electron chi connectivity index (χ2n) is 7.73. The standard InChI is InChI=1S/C20H24N4OS/c1-20(13-21,15-8-9-15)23-18(25)12-24-10-4-5-14(11-24)19-22-16-6-2-3-7-17(16)26-19/h2-3,6-7,14-15H,4-5,8-12H2,1H3,(H,23,25)/t14-,20+/m0/s1. The van der Waals surface area contributed by atoms with Gasteiger partial charge in [0.25, 0.3) is 0 Å². The Hall–Kier alpha value is -1.97. The summed E-state index contributed by atoms with van der Waals surface area (Å²) in [6, 6.07) is 10.5. The van der Waals surface area contributed by atoms with Crippen LogP contribution in [0.4, 0.5) is 0 Å². The highest BCUT2D eigenvalue weighted by Crippen LogP contribution is 2.39. The number of para-hydroxylation sites is 1. The van der Waals surface area contributed by atoms with Crippen molar-refractivity contribution < 1.29 is 4.79 Å². The largest absolute Gasteiger partial charge is 0.337 e. The molecule has 2 fully saturated rings. The molecule has 1 aliphatic carbocycles. The summed E-state index contributed by atoms with van der Waals surface area (Å²) in [5, 5.41) is 13.6. The zero-order valence-electron chi connectivity index (χ0n) is 15.1. The lowest BCUT2D eigenvalue weighted by atomic mass is 9.97. The third-order valence-corrected chi connectivity index (χ3v) is 6.76. The van der Waals surface area contributed by atoms with E-state index >= 15 is 0 Å². The third-order valence-electron chi connectivity index (χ3n) is 5.56. The van der Waals surface area contributed by atoms with Gasteiger partial charge in [-0.05, 0) is 57.2 Å². The topological polar surface area (TPSA) is 69.0 Å². The molecule has 26 heavy (non-hydrogen) atoms. The van der Waals surface area contributed by atoms with E-state index in [1.54, 1.807) is 11.3 Å². The Labute approximate surface area is 158 Å². The third kappa shape index (κ3) is 3.60. The van der Waals surface area contributed by atoms with Crippen LogP contribution in [0.5, 0.6) is 0 Å². The number of thiazole rings is 1. The number of fused-ring (bicyclic) bond motifs is 1. The fourth-order valence-corrected chi connectivity index (χ4v) is 4.97. The Balaban J connectivity index is 1.39. The number of benzene rings is 1. The predicted molar refractivity (Wildman–Crippen MR) is 103 cm³/mol. The van der Waals surface area contributed by atoms with Crippen molar-refractivity contribution in [3.63, 3.8) is 0 Å². The van der Waals surface area contributed by atoms with Crippen molar-refractivity contribution in [2.45, 2.75) is 44.1 Å². The lowest BCUT2D eigenvalue weighted by molar-refractivity contribution is -0.124. The van der Waals surface area contributed by atoms with Crippen LogP contribution >= 0.6 is 11.3 Å². The van der Waals surface area contributed by atoms with Crippen LogP contribution in [0, 0.1) is 17.2 Å². The molecule has 2 aliphatic rings. The lowest BCUT2D eigenvalue weighted by Gasteiger charge is -2.32. The van der Waals surface area contributed by atoms with Gasteiger partial charge >= 0.3 is 0 Å². The average molecular weight is 369 g/mol. The first-order valence-corrected chi connectivity index (χ1v) is 10.2. The minimum Gasteiger partial charge on any atom is -0.337 e. The highest BCUT2D eigenvalue weighted by Gasteiger charge is 2.43. The molecule has 1 aromatic heterocycles. The zero-order chi connectivity index (χ0) is 18.1. The van der Waals surface area contributed by atoms with Crippen molar-refractivity contribution in [2.75, 3.05) is 19.6 Å². The summed E-state index contributed by atoms with van der Waals surface area (Å²) in [5.74, 6) is 0.666. The summed E-state index contributed by atoms with van der Waals surface area (Å²) in [6.07, 6.45) is 4.27. The Morgan fingerprint density at radius 1 is 1.42 bits per heavy atom. The molecule has 2 heterocycles. The van der Waals surface area contributed by atoms with E-state index in [0.29, 0.717) is 18.4 Å². The summed E-state index contributed by atoms with van der Waals surface area (Å²) < 4.78 is 1.23. The molecule has 0 bridgehead atoms. The monoisotopic (exact) mass is 368 g/mol. The molecule has 4 rings (SSSR count). The summed E-state index contributed by atoms with van der Waals surface area (Å²) in [6.45, 7) is 4.01. The number of amides is 1. The van der Waals surface area contributed by atoms with E-state index in [-0.39, 0.29) is 5.91 Å². The normalized spacial score (nSPS) is 23.3. The van der Waals surface area contributed by atoms with Gasteiger partial charge in [-0.2, -0.15) is 5.26 Å². The molecule has 136 valence electrons. The zero-order valence-corrected chi connectivity index (χ0v) is 15.9. The van der Waals surface area contributed by atoms with E-state index in [0.717, 1.165) is 44.3 Å². The fourth-order valence-electron chi connectivity index (χ4n) is 3.88. The van der Waals surface area contributed by atoms with Gasteiger partial charge in [0.05, 0.1) is 27.8 Å². The predicted octanol–water partition coefficient (Wildman–Crippen LogP) is 3.28. The van der Waals surface area contributed by atoms with E-state index in [9.17, 15) is 10.1 Å². The van der Waals surface area contributed by atoms with E-state index in [2.05, 4.69) is 28.4 Å². The Bertz CT molecular complexity index is 820.